The van der Waals surface area contributed by atoms with Gasteiger partial charge in [-0.3, -0.25) is 4.79 Å². The number of carboxylic acid groups (broad SMARTS) is 2. The van der Waals surface area contributed by atoms with Crippen LogP contribution in [-0.2, 0) is 23.9 Å². The van der Waals surface area contributed by atoms with Gasteiger partial charge in [0, 0.05) is 12.7 Å². The van der Waals surface area contributed by atoms with Crippen molar-refractivity contribution in [1.29, 1.82) is 0 Å². The first-order valence-corrected chi connectivity index (χ1v) is 14.0. The van der Waals surface area contributed by atoms with Crippen LogP contribution < -0.4 is 10.2 Å². The third kappa shape index (κ3) is 8.98. The van der Waals surface area contributed by atoms with Gasteiger partial charge in [-0.05, 0) is 76.1 Å². The summed E-state index contributed by atoms with van der Waals surface area (Å²) in [4.78, 5) is 61.2. The van der Waals surface area contributed by atoms with Crippen LogP contribution in [0, 0.1) is 6.92 Å². The molecular weight excluding hydrogens is 568 g/mol. The Morgan fingerprint density at radius 3 is 1.59 bits per heavy atom. The molecule has 1 aliphatic heterocycles. The van der Waals surface area contributed by atoms with Gasteiger partial charge in [0.25, 0.3) is 0 Å². The highest BCUT2D eigenvalue weighted by Gasteiger charge is 2.41. The fourth-order valence-corrected chi connectivity index (χ4v) is 4.49. The van der Waals surface area contributed by atoms with Gasteiger partial charge in [-0.15, -0.1) is 0 Å². The van der Waals surface area contributed by atoms with E-state index >= 15 is 0 Å². The van der Waals surface area contributed by atoms with Crippen molar-refractivity contribution in [3.63, 3.8) is 0 Å². The first-order chi connectivity index (χ1) is 20.9. The second kappa shape index (κ2) is 15.4. The summed E-state index contributed by atoms with van der Waals surface area (Å²) in [6, 6.07) is 22.9. The molecule has 1 amide bonds. The molecule has 44 heavy (non-hydrogen) atoms. The van der Waals surface area contributed by atoms with Gasteiger partial charge in [0.05, 0.1) is 16.7 Å². The van der Waals surface area contributed by atoms with E-state index in [-0.39, 0.29) is 17.0 Å². The molecular formula is C33H36N2O9. The molecule has 3 N–H and O–H groups in total. The number of likely N-dealkylation sites (N-methyl/N-ethyl adjacent to an activating group) is 1. The van der Waals surface area contributed by atoms with E-state index < -0.39 is 41.6 Å². The molecule has 3 aromatic rings. The summed E-state index contributed by atoms with van der Waals surface area (Å²) in [6.45, 7) is 5.00. The fraction of sp³-hybridized carbons (Fsp3) is 0.303. The van der Waals surface area contributed by atoms with E-state index in [2.05, 4.69) is 12.2 Å². The molecule has 11 nitrogen and oxygen atoms in total. The van der Waals surface area contributed by atoms with Gasteiger partial charge in [-0.1, -0.05) is 54.1 Å². The number of hydrogen-bond donors (Lipinski definition) is 3. The molecule has 0 bridgehead atoms. The molecule has 3 atom stereocenters. The van der Waals surface area contributed by atoms with Gasteiger partial charge in [0.2, 0.25) is 18.1 Å². The van der Waals surface area contributed by atoms with Crippen molar-refractivity contribution < 1.29 is 43.7 Å². The van der Waals surface area contributed by atoms with E-state index in [9.17, 15) is 34.2 Å². The number of anilines is 1. The number of carbonyl (C=O) groups excluding carboxylic acids is 3. The van der Waals surface area contributed by atoms with Gasteiger partial charge < -0.3 is 29.9 Å². The first-order valence-electron chi connectivity index (χ1n) is 14.0. The summed E-state index contributed by atoms with van der Waals surface area (Å²) in [5.41, 5.74) is 1.81. The number of benzene rings is 3. The quantitative estimate of drug-likeness (QED) is 0.304. The Bertz CT molecular complexity index is 1370. The number of carbonyl (C=O) groups is 5. The van der Waals surface area contributed by atoms with Crippen LogP contribution in [0.3, 0.4) is 0 Å². The standard InChI is InChI=1S/C18H14O8.C15H22N2O/c19-15(20)13(25-17(23)11-7-3-1-4-8-11)14(16(21)22)26-18(24)12-9-5-2-6-10-12;1-12-6-8-13(9-7-12)17(3)14(18)15(2)10-4-5-11-16-15/h1-10,13-14H,(H,19,20)(H,21,22);6-9,16H,4-5,10-11H2,1-3H3/t13-,14-;/m1./s1. The number of carboxylic acids is 2. The van der Waals surface area contributed by atoms with Crippen molar-refractivity contribution in [2.75, 3.05) is 18.5 Å². The van der Waals surface area contributed by atoms with Crippen molar-refractivity contribution in [3.05, 3.63) is 102 Å². The SMILES string of the molecule is Cc1ccc(N(C)C(=O)C2(C)CCCCN2)cc1.O=C(O[C@@H](C(=O)O)[C@@H](OC(=O)c1ccccc1)C(=O)O)c1ccccc1. The van der Waals surface area contributed by atoms with Crippen LogP contribution in [0.5, 0.6) is 0 Å². The molecule has 11 heteroatoms. The molecule has 1 fully saturated rings. The third-order valence-corrected chi connectivity index (χ3v) is 7.07. The molecule has 1 aliphatic rings. The summed E-state index contributed by atoms with van der Waals surface area (Å²) in [7, 11) is 1.86. The maximum atomic E-state index is 12.6. The summed E-state index contributed by atoms with van der Waals surface area (Å²) >= 11 is 0. The largest absolute Gasteiger partial charge is 0.478 e. The van der Waals surface area contributed by atoms with E-state index in [0.717, 1.165) is 31.5 Å². The number of amides is 1. The predicted octanol–water partition coefficient (Wildman–Crippen LogP) is 4.10. The van der Waals surface area contributed by atoms with Crippen molar-refractivity contribution >= 4 is 35.5 Å². The molecule has 1 unspecified atom stereocenters. The monoisotopic (exact) mass is 604 g/mol. The lowest BCUT2D eigenvalue weighted by Gasteiger charge is -2.36. The van der Waals surface area contributed by atoms with Crippen LogP contribution in [-0.4, -0.2) is 71.3 Å². The number of ether oxygens (including phenoxy) is 2. The van der Waals surface area contributed by atoms with Crippen LogP contribution in [0.25, 0.3) is 0 Å². The predicted molar refractivity (Wildman–Crippen MR) is 161 cm³/mol. The highest BCUT2D eigenvalue weighted by atomic mass is 16.6. The highest BCUT2D eigenvalue weighted by Crippen LogP contribution is 2.24. The molecule has 0 aromatic heterocycles. The molecule has 3 aromatic carbocycles. The van der Waals surface area contributed by atoms with Crippen molar-refractivity contribution in [2.24, 2.45) is 0 Å². The molecule has 232 valence electrons. The summed E-state index contributed by atoms with van der Waals surface area (Å²) < 4.78 is 9.52. The second-order valence-electron chi connectivity index (χ2n) is 10.5. The van der Waals surface area contributed by atoms with Crippen LogP contribution >= 0.6 is 0 Å². The van der Waals surface area contributed by atoms with Crippen molar-refractivity contribution in [3.8, 4) is 0 Å². The molecule has 0 aliphatic carbocycles. The maximum Gasteiger partial charge on any atom is 0.349 e. The average Bonchev–Trinajstić information content (AvgIpc) is 3.03. The van der Waals surface area contributed by atoms with Gasteiger partial charge in [0.1, 0.15) is 0 Å². The topological polar surface area (TPSA) is 160 Å². The van der Waals surface area contributed by atoms with Gasteiger partial charge >= 0.3 is 23.9 Å². The van der Waals surface area contributed by atoms with Crippen molar-refractivity contribution in [1.82, 2.24) is 5.32 Å². The number of rotatable bonds is 9. The normalized spacial score (nSPS) is 17.1. The lowest BCUT2D eigenvalue weighted by atomic mass is 9.89. The fourth-order valence-electron chi connectivity index (χ4n) is 4.49. The number of aryl methyl sites for hydroxylation is 1. The van der Waals surface area contributed by atoms with Crippen molar-refractivity contribution in [2.45, 2.75) is 50.9 Å². The number of aliphatic carboxylic acids is 2. The summed E-state index contributed by atoms with van der Waals surface area (Å²) in [5, 5.41) is 21.8. The van der Waals surface area contributed by atoms with Crippen LogP contribution in [0.1, 0.15) is 52.5 Å². The number of piperidine rings is 1. The zero-order valence-electron chi connectivity index (χ0n) is 24.8. The van der Waals surface area contributed by atoms with Crippen LogP contribution in [0.2, 0.25) is 0 Å². The second-order valence-corrected chi connectivity index (χ2v) is 10.5. The molecule has 0 spiro atoms. The van der Waals surface area contributed by atoms with Crippen LogP contribution in [0.4, 0.5) is 5.69 Å². The zero-order chi connectivity index (χ0) is 32.3. The smallest absolute Gasteiger partial charge is 0.349 e. The van der Waals surface area contributed by atoms with E-state index in [1.54, 1.807) is 17.0 Å². The van der Waals surface area contributed by atoms with Gasteiger partial charge in [-0.25, -0.2) is 19.2 Å². The Morgan fingerprint density at radius 2 is 1.20 bits per heavy atom. The number of nitrogens with zero attached hydrogens (tertiary/aromatic N) is 1. The molecule has 1 heterocycles. The number of esters is 2. The zero-order valence-corrected chi connectivity index (χ0v) is 24.8. The summed E-state index contributed by atoms with van der Waals surface area (Å²) in [6.07, 6.45) is -1.23. The van der Waals surface area contributed by atoms with E-state index in [4.69, 9.17) is 9.47 Å². The molecule has 0 radical (unpaired) electrons. The lowest BCUT2D eigenvalue weighted by molar-refractivity contribution is -0.166. The molecule has 0 saturated carbocycles. The van der Waals surface area contributed by atoms with Gasteiger partial charge in [-0.2, -0.15) is 0 Å². The van der Waals surface area contributed by atoms with Crippen LogP contribution in [0.15, 0.2) is 84.9 Å². The van der Waals surface area contributed by atoms with E-state index in [0.29, 0.717) is 0 Å². The number of hydrogen-bond acceptors (Lipinski definition) is 8. The van der Waals surface area contributed by atoms with E-state index in [1.165, 1.54) is 54.1 Å². The minimum absolute atomic E-state index is 0.0253. The Balaban J connectivity index is 0.000000257. The average molecular weight is 605 g/mol. The first kappa shape index (κ1) is 33.5. The highest BCUT2D eigenvalue weighted by molar-refractivity contribution is 5.99. The Labute approximate surface area is 255 Å². The third-order valence-electron chi connectivity index (χ3n) is 7.07. The lowest BCUT2D eigenvalue weighted by Crippen LogP contribution is -2.57. The number of nitrogens with one attached hydrogen (secondary N) is 1. The van der Waals surface area contributed by atoms with Gasteiger partial charge in [0.15, 0.2) is 0 Å². The molecule has 4 rings (SSSR count). The minimum Gasteiger partial charge on any atom is -0.478 e. The van der Waals surface area contributed by atoms with E-state index in [1.807, 2.05) is 38.2 Å². The molecule has 1 saturated heterocycles. The minimum atomic E-state index is -2.21. The maximum absolute atomic E-state index is 12.6. The Morgan fingerprint density at radius 1 is 0.750 bits per heavy atom. The Hall–Kier alpha value is -5.03. The summed E-state index contributed by atoms with van der Waals surface area (Å²) in [5.74, 6) is -5.48. The Kier molecular flexibility index (Phi) is 11.7.